The zero-order valence-corrected chi connectivity index (χ0v) is 14.2. The number of anilines is 1. The standard InChI is InChI=1S/C18H15N7O2/c26-17(20-12-5-7-13(8-6-12)25-11-19-23-24-25)10-9-16-21-15-4-2-1-3-14(15)18(27)22-16/h1-8,11H,9-10H2,(H,20,26)(H,21,22,27). The van der Waals surface area contributed by atoms with Crippen LogP contribution in [0.2, 0.25) is 0 Å². The number of rotatable bonds is 5. The van der Waals surface area contributed by atoms with Crippen molar-refractivity contribution < 1.29 is 4.79 Å². The lowest BCUT2D eigenvalue weighted by Crippen LogP contribution is -2.16. The molecule has 9 heteroatoms. The molecule has 4 aromatic rings. The number of hydrogen-bond donors (Lipinski definition) is 2. The summed E-state index contributed by atoms with van der Waals surface area (Å²) in [5, 5.41) is 14.3. The molecule has 134 valence electrons. The van der Waals surface area contributed by atoms with E-state index in [0.717, 1.165) is 5.69 Å². The number of tetrazole rings is 1. The Balaban J connectivity index is 1.39. The quantitative estimate of drug-likeness (QED) is 0.556. The van der Waals surface area contributed by atoms with Crippen molar-refractivity contribution in [3.8, 4) is 5.69 Å². The molecule has 0 aliphatic rings. The van der Waals surface area contributed by atoms with Crippen LogP contribution in [0.15, 0.2) is 59.7 Å². The number of para-hydroxylation sites is 1. The van der Waals surface area contributed by atoms with Crippen molar-refractivity contribution in [3.05, 3.63) is 71.0 Å². The summed E-state index contributed by atoms with van der Waals surface area (Å²) < 4.78 is 1.52. The summed E-state index contributed by atoms with van der Waals surface area (Å²) in [6.45, 7) is 0. The van der Waals surface area contributed by atoms with E-state index in [1.54, 1.807) is 42.5 Å². The van der Waals surface area contributed by atoms with Crippen LogP contribution in [-0.2, 0) is 11.2 Å². The Morgan fingerprint density at radius 3 is 2.70 bits per heavy atom. The largest absolute Gasteiger partial charge is 0.326 e. The molecular formula is C18H15N7O2. The summed E-state index contributed by atoms with van der Waals surface area (Å²) in [6, 6.07) is 14.2. The third kappa shape index (κ3) is 3.71. The van der Waals surface area contributed by atoms with Gasteiger partial charge in [-0.2, -0.15) is 0 Å². The smallest absolute Gasteiger partial charge is 0.258 e. The van der Waals surface area contributed by atoms with Gasteiger partial charge in [0.25, 0.3) is 5.56 Å². The number of nitrogens with zero attached hydrogens (tertiary/aromatic N) is 5. The van der Waals surface area contributed by atoms with Gasteiger partial charge >= 0.3 is 0 Å². The van der Waals surface area contributed by atoms with Gasteiger partial charge in [0, 0.05) is 18.5 Å². The second-order valence-electron chi connectivity index (χ2n) is 5.88. The second-order valence-corrected chi connectivity index (χ2v) is 5.88. The van der Waals surface area contributed by atoms with E-state index in [4.69, 9.17) is 0 Å². The van der Waals surface area contributed by atoms with E-state index in [1.807, 2.05) is 6.07 Å². The van der Waals surface area contributed by atoms with Gasteiger partial charge in [0.2, 0.25) is 5.91 Å². The lowest BCUT2D eigenvalue weighted by Gasteiger charge is -2.07. The molecule has 27 heavy (non-hydrogen) atoms. The maximum Gasteiger partial charge on any atom is 0.258 e. The fraction of sp³-hybridized carbons (Fsp3) is 0.111. The van der Waals surface area contributed by atoms with Gasteiger partial charge in [-0.25, -0.2) is 9.67 Å². The highest BCUT2D eigenvalue weighted by Crippen LogP contribution is 2.13. The van der Waals surface area contributed by atoms with Crippen molar-refractivity contribution in [2.45, 2.75) is 12.8 Å². The SMILES string of the molecule is O=C(CCc1nc2ccccc2c(=O)[nH]1)Nc1ccc(-n2cnnn2)cc1. The minimum Gasteiger partial charge on any atom is -0.326 e. The Morgan fingerprint density at radius 1 is 1.11 bits per heavy atom. The van der Waals surface area contributed by atoms with Crippen molar-refractivity contribution in [2.75, 3.05) is 5.32 Å². The normalized spacial score (nSPS) is 10.8. The third-order valence-corrected chi connectivity index (χ3v) is 4.02. The number of carbonyl (C=O) groups excluding carboxylic acids is 1. The zero-order chi connectivity index (χ0) is 18.6. The van der Waals surface area contributed by atoms with Crippen molar-refractivity contribution in [1.29, 1.82) is 0 Å². The van der Waals surface area contributed by atoms with Gasteiger partial charge in [0.1, 0.15) is 12.2 Å². The molecule has 0 atom stereocenters. The van der Waals surface area contributed by atoms with Gasteiger partial charge in [-0.05, 0) is 46.8 Å². The summed E-state index contributed by atoms with van der Waals surface area (Å²) >= 11 is 0. The molecule has 0 bridgehead atoms. The topological polar surface area (TPSA) is 118 Å². The lowest BCUT2D eigenvalue weighted by atomic mass is 10.2. The lowest BCUT2D eigenvalue weighted by molar-refractivity contribution is -0.116. The molecule has 2 aromatic carbocycles. The second kappa shape index (κ2) is 7.16. The zero-order valence-electron chi connectivity index (χ0n) is 14.2. The Labute approximate surface area is 153 Å². The molecule has 0 saturated carbocycles. The average Bonchev–Trinajstić information content (AvgIpc) is 3.22. The molecule has 0 aliphatic heterocycles. The van der Waals surface area contributed by atoms with Crippen molar-refractivity contribution in [3.63, 3.8) is 0 Å². The minimum atomic E-state index is -0.200. The first-order chi connectivity index (χ1) is 13.2. The molecule has 9 nitrogen and oxygen atoms in total. The van der Waals surface area contributed by atoms with Crippen LogP contribution in [0.3, 0.4) is 0 Å². The Kier molecular flexibility index (Phi) is 4.40. The Bertz CT molecular complexity index is 1130. The maximum absolute atomic E-state index is 12.2. The first-order valence-electron chi connectivity index (χ1n) is 8.30. The van der Waals surface area contributed by atoms with Crippen molar-refractivity contribution in [2.24, 2.45) is 0 Å². The first-order valence-corrected chi connectivity index (χ1v) is 8.30. The van der Waals surface area contributed by atoms with Crippen molar-refractivity contribution in [1.82, 2.24) is 30.2 Å². The van der Waals surface area contributed by atoms with E-state index in [9.17, 15) is 9.59 Å². The fourth-order valence-electron chi connectivity index (χ4n) is 2.69. The van der Waals surface area contributed by atoms with Crippen LogP contribution in [0.25, 0.3) is 16.6 Å². The highest BCUT2D eigenvalue weighted by atomic mass is 16.1. The van der Waals surface area contributed by atoms with Gasteiger partial charge in [0.05, 0.1) is 16.6 Å². The number of benzene rings is 2. The van der Waals surface area contributed by atoms with Gasteiger partial charge in [0.15, 0.2) is 0 Å². The number of hydrogen-bond acceptors (Lipinski definition) is 6. The molecule has 2 N–H and O–H groups in total. The summed E-state index contributed by atoms with van der Waals surface area (Å²) in [4.78, 5) is 31.4. The number of amides is 1. The van der Waals surface area contributed by atoms with Crippen LogP contribution in [0, 0.1) is 0 Å². The van der Waals surface area contributed by atoms with E-state index in [2.05, 4.69) is 30.8 Å². The number of aromatic amines is 1. The van der Waals surface area contributed by atoms with Crippen LogP contribution < -0.4 is 10.9 Å². The van der Waals surface area contributed by atoms with E-state index in [-0.39, 0.29) is 17.9 Å². The molecule has 0 saturated heterocycles. The van der Waals surface area contributed by atoms with Crippen molar-refractivity contribution >= 4 is 22.5 Å². The highest BCUT2D eigenvalue weighted by molar-refractivity contribution is 5.90. The predicted octanol–water partition coefficient (Wildman–Crippen LogP) is 1.47. The van der Waals surface area contributed by atoms with E-state index < -0.39 is 0 Å². The average molecular weight is 361 g/mol. The summed E-state index contributed by atoms with van der Waals surface area (Å²) in [6.07, 6.45) is 2.04. The molecule has 1 amide bonds. The highest BCUT2D eigenvalue weighted by Gasteiger charge is 2.07. The number of carbonyl (C=O) groups is 1. The Morgan fingerprint density at radius 2 is 1.93 bits per heavy atom. The number of aromatic nitrogens is 6. The van der Waals surface area contributed by atoms with Crippen LogP contribution in [0.5, 0.6) is 0 Å². The molecule has 0 spiro atoms. The number of H-pyrrole nitrogens is 1. The maximum atomic E-state index is 12.2. The molecule has 2 aromatic heterocycles. The molecule has 0 aliphatic carbocycles. The van der Waals surface area contributed by atoms with Gasteiger partial charge in [-0.1, -0.05) is 12.1 Å². The third-order valence-electron chi connectivity index (χ3n) is 4.02. The van der Waals surface area contributed by atoms with Gasteiger partial charge < -0.3 is 10.3 Å². The summed E-state index contributed by atoms with van der Waals surface area (Å²) in [5.41, 5.74) is 1.87. The van der Waals surface area contributed by atoms with Crippen LogP contribution >= 0.6 is 0 Å². The van der Waals surface area contributed by atoms with Gasteiger partial charge in [-0.3, -0.25) is 9.59 Å². The van der Waals surface area contributed by atoms with E-state index in [0.29, 0.717) is 28.8 Å². The molecule has 0 unspecified atom stereocenters. The molecular weight excluding hydrogens is 346 g/mol. The van der Waals surface area contributed by atoms with E-state index in [1.165, 1.54) is 11.0 Å². The van der Waals surface area contributed by atoms with Crippen LogP contribution in [0.4, 0.5) is 5.69 Å². The number of fused-ring (bicyclic) bond motifs is 1. The summed E-state index contributed by atoms with van der Waals surface area (Å²) in [5.74, 6) is 0.323. The fourth-order valence-corrected chi connectivity index (χ4v) is 2.69. The number of aryl methyl sites for hydroxylation is 1. The molecule has 0 fully saturated rings. The van der Waals surface area contributed by atoms with Gasteiger partial charge in [-0.15, -0.1) is 5.10 Å². The minimum absolute atomic E-state index is 0.166. The van der Waals surface area contributed by atoms with E-state index >= 15 is 0 Å². The molecule has 4 rings (SSSR count). The molecule has 0 radical (unpaired) electrons. The summed E-state index contributed by atoms with van der Waals surface area (Å²) in [7, 11) is 0. The van der Waals surface area contributed by atoms with Crippen LogP contribution in [-0.4, -0.2) is 36.1 Å². The molecule has 2 heterocycles. The monoisotopic (exact) mass is 361 g/mol. The first kappa shape index (κ1) is 16.6. The van der Waals surface area contributed by atoms with Crippen LogP contribution in [0.1, 0.15) is 12.2 Å². The Hall–Kier alpha value is -3.88. The number of nitrogens with one attached hydrogen (secondary N) is 2. The predicted molar refractivity (Wildman–Crippen MR) is 98.5 cm³/mol.